The molecule has 0 bridgehead atoms. The second-order valence-electron chi connectivity index (χ2n) is 10.1. The molecule has 6 aromatic carbocycles. The van der Waals surface area contributed by atoms with Crippen LogP contribution >= 0.6 is 11.3 Å². The maximum absolute atomic E-state index is 2.48. The molecule has 3 heterocycles. The van der Waals surface area contributed by atoms with Crippen LogP contribution in [0.2, 0.25) is 0 Å². The molecule has 0 spiro atoms. The molecule has 0 amide bonds. The summed E-state index contributed by atoms with van der Waals surface area (Å²) in [5.41, 5.74) is 7.35. The number of nitrogens with zero attached hydrogens (tertiary/aromatic N) is 2. The first kappa shape index (κ1) is 21.1. The van der Waals surface area contributed by atoms with Gasteiger partial charge in [0.2, 0.25) is 0 Å². The zero-order valence-corrected chi connectivity index (χ0v) is 21.8. The summed E-state index contributed by atoms with van der Waals surface area (Å²) in [4.78, 5) is 0. The van der Waals surface area contributed by atoms with Gasteiger partial charge in [0.25, 0.3) is 0 Å². The Morgan fingerprint density at radius 1 is 0.333 bits per heavy atom. The zero-order chi connectivity index (χ0) is 25.5. The SMILES string of the molecule is c1ccc2c(c1)sc1cccc(-n3c4ccccc4c4c(-n5c6ccccc6c6ccccc65)cccc43)c12. The average Bonchev–Trinajstić information content (AvgIpc) is 3.65. The van der Waals surface area contributed by atoms with Gasteiger partial charge in [-0.25, -0.2) is 0 Å². The third-order valence-corrected chi connectivity index (χ3v) is 9.25. The van der Waals surface area contributed by atoms with Crippen molar-refractivity contribution in [1.82, 2.24) is 9.13 Å². The molecule has 39 heavy (non-hydrogen) atoms. The highest BCUT2D eigenvalue weighted by molar-refractivity contribution is 7.25. The van der Waals surface area contributed by atoms with Crippen molar-refractivity contribution >= 4 is 75.1 Å². The summed E-state index contributed by atoms with van der Waals surface area (Å²) in [6, 6.07) is 48.6. The summed E-state index contributed by atoms with van der Waals surface area (Å²) in [6.45, 7) is 0. The van der Waals surface area contributed by atoms with Gasteiger partial charge in [-0.2, -0.15) is 0 Å². The zero-order valence-electron chi connectivity index (χ0n) is 21.0. The van der Waals surface area contributed by atoms with Gasteiger partial charge in [0.05, 0.1) is 33.4 Å². The number of benzene rings is 6. The number of hydrogen-bond donors (Lipinski definition) is 0. The van der Waals surface area contributed by atoms with E-state index in [4.69, 9.17) is 0 Å². The van der Waals surface area contributed by atoms with Crippen molar-refractivity contribution in [2.75, 3.05) is 0 Å². The van der Waals surface area contributed by atoms with Crippen molar-refractivity contribution in [3.63, 3.8) is 0 Å². The van der Waals surface area contributed by atoms with Gasteiger partial charge in [-0.1, -0.05) is 84.9 Å². The minimum Gasteiger partial charge on any atom is -0.309 e. The molecule has 9 rings (SSSR count). The molecule has 0 fully saturated rings. The summed E-state index contributed by atoms with van der Waals surface area (Å²) in [5.74, 6) is 0. The van der Waals surface area contributed by atoms with Gasteiger partial charge < -0.3 is 9.13 Å². The lowest BCUT2D eigenvalue weighted by molar-refractivity contribution is 1.18. The maximum atomic E-state index is 2.48. The Labute approximate surface area is 228 Å². The average molecular weight is 515 g/mol. The molecule has 0 radical (unpaired) electrons. The Balaban J connectivity index is 1.47. The van der Waals surface area contributed by atoms with Gasteiger partial charge >= 0.3 is 0 Å². The summed E-state index contributed by atoms with van der Waals surface area (Å²) in [7, 11) is 0. The molecule has 3 aromatic heterocycles. The van der Waals surface area contributed by atoms with Gasteiger partial charge in [-0.15, -0.1) is 11.3 Å². The minimum absolute atomic E-state index is 1.21. The predicted octanol–water partition coefficient (Wildman–Crippen LogP) is 10.2. The molecule has 3 heteroatoms. The number of rotatable bonds is 2. The lowest BCUT2D eigenvalue weighted by atomic mass is 10.1. The van der Waals surface area contributed by atoms with Crippen LogP contribution in [0.4, 0.5) is 0 Å². The summed E-state index contributed by atoms with van der Waals surface area (Å²) in [5, 5.41) is 7.74. The fourth-order valence-corrected chi connectivity index (χ4v) is 7.70. The monoisotopic (exact) mass is 514 g/mol. The van der Waals surface area contributed by atoms with Gasteiger partial charge in [0, 0.05) is 41.7 Å². The molecule has 0 N–H and O–H groups in total. The highest BCUT2D eigenvalue weighted by atomic mass is 32.1. The third-order valence-electron chi connectivity index (χ3n) is 8.12. The first-order valence-electron chi connectivity index (χ1n) is 13.3. The number of aromatic nitrogens is 2. The van der Waals surface area contributed by atoms with E-state index in [1.165, 1.54) is 75.2 Å². The minimum atomic E-state index is 1.21. The number of thiophene rings is 1. The molecule has 182 valence electrons. The Kier molecular flexibility index (Phi) is 4.24. The summed E-state index contributed by atoms with van der Waals surface area (Å²) in [6.07, 6.45) is 0. The Bertz CT molecular complexity index is 2350. The van der Waals surface area contributed by atoms with Crippen LogP contribution in [0.1, 0.15) is 0 Å². The van der Waals surface area contributed by atoms with Crippen molar-refractivity contribution in [2.24, 2.45) is 0 Å². The van der Waals surface area contributed by atoms with E-state index in [2.05, 4.69) is 143 Å². The van der Waals surface area contributed by atoms with E-state index in [0.717, 1.165) is 0 Å². The molecule has 2 nitrogen and oxygen atoms in total. The Hall–Kier alpha value is -4.86. The van der Waals surface area contributed by atoms with Gasteiger partial charge in [-0.3, -0.25) is 0 Å². The van der Waals surface area contributed by atoms with E-state index in [0.29, 0.717) is 0 Å². The lowest BCUT2D eigenvalue weighted by Gasteiger charge is -2.12. The quantitative estimate of drug-likeness (QED) is 0.217. The Morgan fingerprint density at radius 2 is 0.795 bits per heavy atom. The van der Waals surface area contributed by atoms with Crippen LogP contribution in [-0.2, 0) is 0 Å². The third kappa shape index (κ3) is 2.80. The van der Waals surface area contributed by atoms with E-state index >= 15 is 0 Å². The van der Waals surface area contributed by atoms with E-state index < -0.39 is 0 Å². The van der Waals surface area contributed by atoms with E-state index in [9.17, 15) is 0 Å². The molecule has 0 aliphatic carbocycles. The van der Waals surface area contributed by atoms with E-state index in [-0.39, 0.29) is 0 Å². The topological polar surface area (TPSA) is 9.86 Å². The maximum Gasteiger partial charge on any atom is 0.0562 e. The van der Waals surface area contributed by atoms with Crippen LogP contribution in [0.3, 0.4) is 0 Å². The van der Waals surface area contributed by atoms with Crippen molar-refractivity contribution in [1.29, 1.82) is 0 Å². The molecule has 0 aliphatic heterocycles. The van der Waals surface area contributed by atoms with Crippen LogP contribution in [0.5, 0.6) is 0 Å². The molecule has 0 aliphatic rings. The summed E-state index contributed by atoms with van der Waals surface area (Å²) >= 11 is 1.87. The molecule has 0 atom stereocenters. The molecular formula is C36H22N2S. The predicted molar refractivity (Wildman–Crippen MR) is 168 cm³/mol. The molecular weight excluding hydrogens is 492 g/mol. The van der Waals surface area contributed by atoms with Crippen LogP contribution in [-0.4, -0.2) is 9.13 Å². The molecule has 0 saturated heterocycles. The number of hydrogen-bond acceptors (Lipinski definition) is 1. The number of fused-ring (bicyclic) bond motifs is 9. The van der Waals surface area contributed by atoms with E-state index in [1.54, 1.807) is 0 Å². The van der Waals surface area contributed by atoms with Crippen molar-refractivity contribution in [2.45, 2.75) is 0 Å². The van der Waals surface area contributed by atoms with Crippen LogP contribution < -0.4 is 0 Å². The second-order valence-corrected chi connectivity index (χ2v) is 11.2. The lowest BCUT2D eigenvalue weighted by Crippen LogP contribution is -1.97. The Morgan fingerprint density at radius 3 is 1.51 bits per heavy atom. The first-order chi connectivity index (χ1) is 19.4. The van der Waals surface area contributed by atoms with Gasteiger partial charge in [0.15, 0.2) is 0 Å². The first-order valence-corrected chi connectivity index (χ1v) is 14.1. The molecule has 0 unspecified atom stereocenters. The number of para-hydroxylation sites is 3. The van der Waals surface area contributed by atoms with Crippen LogP contribution in [0.15, 0.2) is 133 Å². The summed E-state index contributed by atoms with van der Waals surface area (Å²) < 4.78 is 7.57. The molecule has 0 saturated carbocycles. The van der Waals surface area contributed by atoms with Crippen molar-refractivity contribution in [3.05, 3.63) is 133 Å². The van der Waals surface area contributed by atoms with Crippen molar-refractivity contribution < 1.29 is 0 Å². The molecule has 9 aromatic rings. The van der Waals surface area contributed by atoms with E-state index in [1.807, 2.05) is 11.3 Å². The fourth-order valence-electron chi connectivity index (χ4n) is 6.57. The van der Waals surface area contributed by atoms with Crippen LogP contribution in [0, 0.1) is 0 Å². The highest BCUT2D eigenvalue weighted by Crippen LogP contribution is 2.43. The standard InChI is InChI=1S/C36H22N2S/c1-5-15-27-23(11-1)24-12-2-6-16-28(24)37(27)30-18-9-19-31-35(30)25-13-3-7-17-29(25)38(31)32-20-10-22-34-36(32)26-14-4-8-21-33(26)39-34/h1-22H. The van der Waals surface area contributed by atoms with Gasteiger partial charge in [0.1, 0.15) is 0 Å². The highest BCUT2D eigenvalue weighted by Gasteiger charge is 2.20. The van der Waals surface area contributed by atoms with Crippen LogP contribution in [0.25, 0.3) is 75.2 Å². The largest absolute Gasteiger partial charge is 0.309 e. The van der Waals surface area contributed by atoms with Crippen molar-refractivity contribution in [3.8, 4) is 11.4 Å². The van der Waals surface area contributed by atoms with Gasteiger partial charge in [-0.05, 0) is 48.5 Å². The second kappa shape index (κ2) is 7.83. The normalized spacial score (nSPS) is 12.1. The smallest absolute Gasteiger partial charge is 0.0562 e. The fraction of sp³-hybridized carbons (Fsp3) is 0.